The third-order valence-electron chi connectivity index (χ3n) is 4.40. The Morgan fingerprint density at radius 1 is 1.05 bits per heavy atom. The third-order valence-corrected chi connectivity index (χ3v) is 5.34. The average molecular weight is 365 g/mol. The molecule has 1 aliphatic rings. The summed E-state index contributed by atoms with van der Waals surface area (Å²) in [6, 6.07) is 15.2. The quantitative estimate of drug-likeness (QED) is 0.765. The van der Waals surface area contributed by atoms with Crippen molar-refractivity contribution in [2.24, 2.45) is 0 Å². The van der Waals surface area contributed by atoms with Crippen LogP contribution in [0.2, 0.25) is 5.02 Å². The molecule has 0 radical (unpaired) electrons. The van der Waals surface area contributed by atoms with Crippen LogP contribution < -0.4 is 5.32 Å². The third kappa shape index (κ3) is 3.33. The van der Waals surface area contributed by atoms with E-state index in [4.69, 9.17) is 11.6 Å². The number of rotatable bonds is 2. The van der Waals surface area contributed by atoms with Gasteiger partial charge in [0.15, 0.2) is 0 Å². The molecule has 2 unspecified atom stereocenters. The first-order chi connectivity index (χ1) is 10.1. The molecule has 2 atom stereocenters. The SMILES string of the molecule is Cc1ccc(C2CCNCC2c2ccc(Br)cc2)cc1Cl. The molecule has 0 saturated carbocycles. The van der Waals surface area contributed by atoms with Crippen LogP contribution in [0.15, 0.2) is 46.9 Å². The van der Waals surface area contributed by atoms with E-state index < -0.39 is 0 Å². The molecule has 1 fully saturated rings. The molecule has 2 aromatic carbocycles. The van der Waals surface area contributed by atoms with Gasteiger partial charge in [0.2, 0.25) is 0 Å². The molecule has 3 rings (SSSR count). The standard InChI is InChI=1S/C18H19BrClN/c1-12-2-3-14(10-18(12)20)16-8-9-21-11-17(16)13-4-6-15(19)7-5-13/h2-7,10,16-17,21H,8-9,11H2,1H3. The number of halogens is 2. The number of hydrogen-bond donors (Lipinski definition) is 1. The fourth-order valence-electron chi connectivity index (χ4n) is 3.16. The van der Waals surface area contributed by atoms with Gasteiger partial charge in [-0.05, 0) is 60.7 Å². The molecule has 0 aromatic heterocycles. The van der Waals surface area contributed by atoms with Crippen LogP contribution in [-0.2, 0) is 0 Å². The number of benzene rings is 2. The summed E-state index contributed by atoms with van der Waals surface area (Å²) in [7, 11) is 0. The van der Waals surface area contributed by atoms with Gasteiger partial charge < -0.3 is 5.32 Å². The molecule has 1 N–H and O–H groups in total. The maximum Gasteiger partial charge on any atom is 0.0438 e. The Balaban J connectivity index is 1.94. The normalized spacial score (nSPS) is 22.2. The predicted octanol–water partition coefficient (Wildman–Crippen LogP) is 5.27. The lowest BCUT2D eigenvalue weighted by Gasteiger charge is -2.33. The van der Waals surface area contributed by atoms with Gasteiger partial charge in [0.1, 0.15) is 0 Å². The summed E-state index contributed by atoms with van der Waals surface area (Å²) in [5.41, 5.74) is 3.90. The van der Waals surface area contributed by atoms with Gasteiger partial charge in [-0.2, -0.15) is 0 Å². The highest BCUT2D eigenvalue weighted by Gasteiger charge is 2.27. The minimum Gasteiger partial charge on any atom is -0.316 e. The number of hydrogen-bond acceptors (Lipinski definition) is 1. The van der Waals surface area contributed by atoms with Crippen LogP contribution in [0.4, 0.5) is 0 Å². The topological polar surface area (TPSA) is 12.0 Å². The average Bonchev–Trinajstić information content (AvgIpc) is 2.51. The molecule has 1 nitrogen and oxygen atoms in total. The second-order valence-corrected chi connectivity index (χ2v) is 7.09. The van der Waals surface area contributed by atoms with E-state index in [-0.39, 0.29) is 0 Å². The van der Waals surface area contributed by atoms with Crippen molar-refractivity contribution in [3.8, 4) is 0 Å². The van der Waals surface area contributed by atoms with E-state index in [0.29, 0.717) is 11.8 Å². The van der Waals surface area contributed by atoms with Crippen LogP contribution in [0.25, 0.3) is 0 Å². The predicted molar refractivity (Wildman–Crippen MR) is 93.3 cm³/mol. The van der Waals surface area contributed by atoms with Crippen molar-refractivity contribution in [3.05, 3.63) is 68.7 Å². The lowest BCUT2D eigenvalue weighted by molar-refractivity contribution is 0.404. The van der Waals surface area contributed by atoms with E-state index in [2.05, 4.69) is 70.6 Å². The van der Waals surface area contributed by atoms with Gasteiger partial charge in [0.05, 0.1) is 0 Å². The van der Waals surface area contributed by atoms with E-state index in [0.717, 1.165) is 34.6 Å². The summed E-state index contributed by atoms with van der Waals surface area (Å²) < 4.78 is 1.13. The molecular formula is C18H19BrClN. The van der Waals surface area contributed by atoms with E-state index >= 15 is 0 Å². The smallest absolute Gasteiger partial charge is 0.0438 e. The maximum atomic E-state index is 6.33. The van der Waals surface area contributed by atoms with Gasteiger partial charge in [0.25, 0.3) is 0 Å². The van der Waals surface area contributed by atoms with Crippen molar-refractivity contribution in [2.75, 3.05) is 13.1 Å². The summed E-state index contributed by atoms with van der Waals surface area (Å²) >= 11 is 9.84. The largest absolute Gasteiger partial charge is 0.316 e. The zero-order valence-corrected chi connectivity index (χ0v) is 14.4. The van der Waals surface area contributed by atoms with Crippen LogP contribution in [-0.4, -0.2) is 13.1 Å². The summed E-state index contributed by atoms with van der Waals surface area (Å²) in [5, 5.41) is 4.40. The van der Waals surface area contributed by atoms with E-state index in [1.54, 1.807) is 0 Å². The Hall–Kier alpha value is -0.830. The Labute approximate surface area is 139 Å². The molecule has 2 aromatic rings. The van der Waals surface area contributed by atoms with Crippen molar-refractivity contribution >= 4 is 27.5 Å². The monoisotopic (exact) mass is 363 g/mol. The molecule has 110 valence electrons. The first-order valence-corrected chi connectivity index (χ1v) is 8.54. The fraction of sp³-hybridized carbons (Fsp3) is 0.333. The van der Waals surface area contributed by atoms with Crippen LogP contribution in [0.3, 0.4) is 0 Å². The Morgan fingerprint density at radius 2 is 1.76 bits per heavy atom. The van der Waals surface area contributed by atoms with Gasteiger partial charge in [-0.15, -0.1) is 0 Å². The van der Waals surface area contributed by atoms with Crippen molar-refractivity contribution < 1.29 is 0 Å². The van der Waals surface area contributed by atoms with Gasteiger partial charge >= 0.3 is 0 Å². The Bertz CT molecular complexity index is 624. The number of nitrogens with one attached hydrogen (secondary N) is 1. The molecule has 21 heavy (non-hydrogen) atoms. The molecule has 1 heterocycles. The van der Waals surface area contributed by atoms with Crippen molar-refractivity contribution in [1.29, 1.82) is 0 Å². The zero-order chi connectivity index (χ0) is 14.8. The molecular weight excluding hydrogens is 346 g/mol. The van der Waals surface area contributed by atoms with Crippen LogP contribution >= 0.6 is 27.5 Å². The summed E-state index contributed by atoms with van der Waals surface area (Å²) in [6.45, 7) is 4.15. The van der Waals surface area contributed by atoms with E-state index in [1.165, 1.54) is 11.1 Å². The summed E-state index contributed by atoms with van der Waals surface area (Å²) in [4.78, 5) is 0. The fourth-order valence-corrected chi connectivity index (χ4v) is 3.61. The van der Waals surface area contributed by atoms with Crippen molar-refractivity contribution in [1.82, 2.24) is 5.32 Å². The second kappa shape index (κ2) is 6.51. The van der Waals surface area contributed by atoms with Crippen LogP contribution in [0.5, 0.6) is 0 Å². The van der Waals surface area contributed by atoms with Crippen molar-refractivity contribution in [2.45, 2.75) is 25.2 Å². The van der Waals surface area contributed by atoms with Crippen molar-refractivity contribution in [3.63, 3.8) is 0 Å². The Kier molecular flexibility index (Phi) is 4.68. The summed E-state index contributed by atoms with van der Waals surface area (Å²) in [6.07, 6.45) is 1.15. The minimum atomic E-state index is 0.505. The maximum absolute atomic E-state index is 6.33. The highest BCUT2D eigenvalue weighted by molar-refractivity contribution is 9.10. The zero-order valence-electron chi connectivity index (χ0n) is 12.1. The van der Waals surface area contributed by atoms with Crippen LogP contribution in [0, 0.1) is 6.92 Å². The first-order valence-electron chi connectivity index (χ1n) is 7.37. The molecule has 3 heteroatoms. The molecule has 0 bridgehead atoms. The molecule has 0 spiro atoms. The highest BCUT2D eigenvalue weighted by atomic mass is 79.9. The Morgan fingerprint density at radius 3 is 2.48 bits per heavy atom. The molecule has 0 amide bonds. The van der Waals surface area contributed by atoms with E-state index in [9.17, 15) is 0 Å². The lowest BCUT2D eigenvalue weighted by Crippen LogP contribution is -2.34. The van der Waals surface area contributed by atoms with Gasteiger partial charge in [-0.3, -0.25) is 0 Å². The van der Waals surface area contributed by atoms with Crippen LogP contribution in [0.1, 0.15) is 34.9 Å². The summed E-state index contributed by atoms with van der Waals surface area (Å²) in [5.74, 6) is 1.04. The molecule has 1 aliphatic heterocycles. The van der Waals surface area contributed by atoms with Gasteiger partial charge in [0, 0.05) is 22.0 Å². The number of piperidine rings is 1. The molecule has 1 saturated heterocycles. The first kappa shape index (κ1) is 15.1. The highest BCUT2D eigenvalue weighted by Crippen LogP contribution is 2.38. The second-order valence-electron chi connectivity index (χ2n) is 5.77. The minimum absolute atomic E-state index is 0.505. The molecule has 0 aliphatic carbocycles. The van der Waals surface area contributed by atoms with Gasteiger partial charge in [-0.1, -0.05) is 51.8 Å². The van der Waals surface area contributed by atoms with E-state index in [1.807, 2.05) is 0 Å². The number of aryl methyl sites for hydroxylation is 1. The van der Waals surface area contributed by atoms with Gasteiger partial charge in [-0.25, -0.2) is 0 Å². The lowest BCUT2D eigenvalue weighted by atomic mass is 9.77.